The highest BCUT2D eigenvalue weighted by Crippen LogP contribution is 2.23. The summed E-state index contributed by atoms with van der Waals surface area (Å²) in [5.74, 6) is -2.80. The molecule has 2 aromatic carbocycles. The first-order valence-electron chi connectivity index (χ1n) is 9.83. The van der Waals surface area contributed by atoms with Crippen molar-refractivity contribution in [3.63, 3.8) is 0 Å². The zero-order valence-electron chi connectivity index (χ0n) is 17.8. The topological polar surface area (TPSA) is 118 Å². The molecule has 8 heteroatoms. The van der Waals surface area contributed by atoms with Crippen molar-refractivity contribution in [3.05, 3.63) is 82.2 Å². The van der Waals surface area contributed by atoms with Crippen LogP contribution in [0, 0.1) is 13.8 Å². The van der Waals surface area contributed by atoms with Crippen LogP contribution in [0.3, 0.4) is 0 Å². The number of carbonyl (C=O) groups is 3. The molecule has 3 rings (SSSR count). The SMILES string of the molecule is CCOC(=O)c1ccc(N=Cc2cc(C)n(-c3cc(C(=O)O)cc(C(=O)O)c3)c2C)cc1. The molecule has 0 amide bonds. The van der Waals surface area contributed by atoms with Crippen molar-refractivity contribution in [2.75, 3.05) is 6.61 Å². The van der Waals surface area contributed by atoms with Crippen LogP contribution in [0.25, 0.3) is 5.69 Å². The Labute approximate surface area is 184 Å². The van der Waals surface area contributed by atoms with Crippen LogP contribution in [0.2, 0.25) is 0 Å². The Morgan fingerprint density at radius 3 is 2.06 bits per heavy atom. The van der Waals surface area contributed by atoms with E-state index in [1.807, 2.05) is 19.9 Å². The van der Waals surface area contributed by atoms with Crippen LogP contribution in [-0.2, 0) is 4.74 Å². The van der Waals surface area contributed by atoms with Gasteiger partial charge < -0.3 is 19.5 Å². The van der Waals surface area contributed by atoms with Gasteiger partial charge in [0.1, 0.15) is 0 Å². The van der Waals surface area contributed by atoms with Crippen molar-refractivity contribution < 1.29 is 29.3 Å². The third kappa shape index (κ3) is 4.75. The Kier molecular flexibility index (Phi) is 6.53. The molecule has 1 aromatic heterocycles. The third-order valence-electron chi connectivity index (χ3n) is 4.87. The van der Waals surface area contributed by atoms with Crippen molar-refractivity contribution in [3.8, 4) is 5.69 Å². The Balaban J connectivity index is 1.94. The molecule has 164 valence electrons. The Morgan fingerprint density at radius 2 is 1.53 bits per heavy atom. The van der Waals surface area contributed by atoms with Crippen molar-refractivity contribution in [1.29, 1.82) is 0 Å². The molecule has 0 radical (unpaired) electrons. The van der Waals surface area contributed by atoms with Crippen molar-refractivity contribution in [2.24, 2.45) is 4.99 Å². The van der Waals surface area contributed by atoms with Crippen molar-refractivity contribution in [1.82, 2.24) is 4.57 Å². The van der Waals surface area contributed by atoms with Crippen LogP contribution in [0.4, 0.5) is 5.69 Å². The van der Waals surface area contributed by atoms with Gasteiger partial charge in [-0.1, -0.05) is 0 Å². The fourth-order valence-corrected chi connectivity index (χ4v) is 3.34. The molecule has 0 aliphatic carbocycles. The van der Waals surface area contributed by atoms with Crippen LogP contribution >= 0.6 is 0 Å². The van der Waals surface area contributed by atoms with Crippen LogP contribution < -0.4 is 0 Å². The summed E-state index contributed by atoms with van der Waals surface area (Å²) >= 11 is 0. The van der Waals surface area contributed by atoms with E-state index in [0.717, 1.165) is 23.0 Å². The van der Waals surface area contributed by atoms with Crippen LogP contribution in [0.5, 0.6) is 0 Å². The van der Waals surface area contributed by atoms with Gasteiger partial charge in [0.25, 0.3) is 0 Å². The van der Waals surface area contributed by atoms with Crippen LogP contribution in [0.15, 0.2) is 53.5 Å². The summed E-state index contributed by atoms with van der Waals surface area (Å²) in [5.41, 5.74) is 3.66. The summed E-state index contributed by atoms with van der Waals surface area (Å²) < 4.78 is 6.75. The molecule has 0 bridgehead atoms. The molecule has 0 saturated heterocycles. The van der Waals surface area contributed by atoms with E-state index in [9.17, 15) is 24.6 Å². The minimum atomic E-state index is -1.20. The number of esters is 1. The summed E-state index contributed by atoms with van der Waals surface area (Å²) in [5, 5.41) is 18.7. The first-order chi connectivity index (χ1) is 15.2. The fraction of sp³-hybridized carbons (Fsp3) is 0.167. The Hall–Kier alpha value is -4.20. The van der Waals surface area contributed by atoms with Crippen LogP contribution in [0.1, 0.15) is 54.9 Å². The second-order valence-electron chi connectivity index (χ2n) is 7.07. The molecule has 1 heterocycles. The van der Waals surface area contributed by atoms with Gasteiger partial charge in [-0.3, -0.25) is 4.99 Å². The molecule has 32 heavy (non-hydrogen) atoms. The molecule has 0 unspecified atom stereocenters. The van der Waals surface area contributed by atoms with Gasteiger partial charge >= 0.3 is 17.9 Å². The average Bonchev–Trinajstić information content (AvgIpc) is 3.05. The lowest BCUT2D eigenvalue weighted by Gasteiger charge is -2.12. The molecule has 3 aromatic rings. The van der Waals surface area contributed by atoms with E-state index in [4.69, 9.17) is 4.74 Å². The maximum absolute atomic E-state index is 11.8. The lowest BCUT2D eigenvalue weighted by molar-refractivity contribution is 0.0525. The third-order valence-corrected chi connectivity index (χ3v) is 4.87. The Bertz CT molecular complexity index is 1190. The quantitative estimate of drug-likeness (QED) is 0.420. The first kappa shape index (κ1) is 22.5. The predicted octanol–water partition coefficient (Wildman–Crippen LogP) is 4.42. The number of carboxylic acids is 2. The van der Waals surface area contributed by atoms with Gasteiger partial charge in [-0.2, -0.15) is 0 Å². The fourth-order valence-electron chi connectivity index (χ4n) is 3.34. The van der Waals surface area contributed by atoms with E-state index in [-0.39, 0.29) is 11.1 Å². The highest BCUT2D eigenvalue weighted by Gasteiger charge is 2.16. The number of aliphatic imine (C=N–C) groups is 1. The summed E-state index contributed by atoms with van der Waals surface area (Å²) in [6.45, 7) is 5.73. The summed E-state index contributed by atoms with van der Waals surface area (Å²) in [4.78, 5) is 39.1. The average molecular weight is 434 g/mol. The maximum Gasteiger partial charge on any atom is 0.338 e. The highest BCUT2D eigenvalue weighted by molar-refractivity contribution is 5.95. The zero-order chi connectivity index (χ0) is 23.4. The molecule has 0 fully saturated rings. The lowest BCUT2D eigenvalue weighted by Crippen LogP contribution is -2.07. The molecule has 0 aliphatic rings. The van der Waals surface area contributed by atoms with Gasteiger partial charge in [0.15, 0.2) is 0 Å². The van der Waals surface area contributed by atoms with E-state index in [0.29, 0.717) is 23.5 Å². The second kappa shape index (κ2) is 9.30. The van der Waals surface area contributed by atoms with E-state index in [1.165, 1.54) is 12.1 Å². The van der Waals surface area contributed by atoms with E-state index in [1.54, 1.807) is 42.0 Å². The number of carboxylic acid groups (broad SMARTS) is 2. The molecule has 0 spiro atoms. The van der Waals surface area contributed by atoms with Gasteiger partial charge in [-0.15, -0.1) is 0 Å². The first-order valence-corrected chi connectivity index (χ1v) is 9.83. The Morgan fingerprint density at radius 1 is 0.938 bits per heavy atom. The van der Waals surface area contributed by atoms with Gasteiger partial charge in [-0.05, 0) is 69.3 Å². The molecule has 0 atom stereocenters. The number of hydrogen-bond donors (Lipinski definition) is 2. The summed E-state index contributed by atoms with van der Waals surface area (Å²) in [7, 11) is 0. The van der Waals surface area contributed by atoms with E-state index >= 15 is 0 Å². The minimum Gasteiger partial charge on any atom is -0.478 e. The number of nitrogens with zero attached hydrogens (tertiary/aromatic N) is 2. The van der Waals surface area contributed by atoms with Gasteiger partial charge in [0.2, 0.25) is 0 Å². The van der Waals surface area contributed by atoms with Crippen molar-refractivity contribution >= 4 is 29.8 Å². The molecule has 2 N–H and O–H groups in total. The predicted molar refractivity (Wildman–Crippen MR) is 119 cm³/mol. The van der Waals surface area contributed by atoms with Crippen molar-refractivity contribution in [2.45, 2.75) is 20.8 Å². The number of benzene rings is 2. The monoisotopic (exact) mass is 434 g/mol. The standard InChI is InChI=1S/C24H22N2O6/c1-4-32-24(31)16-5-7-20(8-6-16)25-13-19-9-14(2)26(15(19)3)21-11-17(22(27)28)10-18(12-21)23(29)30/h5-13H,4H2,1-3H3,(H,27,28)(H,29,30). The second-order valence-corrected chi connectivity index (χ2v) is 7.07. The number of aryl methyl sites for hydroxylation is 1. The number of hydrogen-bond acceptors (Lipinski definition) is 5. The van der Waals surface area contributed by atoms with Crippen LogP contribution in [-0.4, -0.2) is 45.5 Å². The lowest BCUT2D eigenvalue weighted by atomic mass is 10.1. The smallest absolute Gasteiger partial charge is 0.338 e. The molecule has 0 aliphatic heterocycles. The number of rotatable bonds is 7. The maximum atomic E-state index is 11.8. The van der Waals surface area contributed by atoms with E-state index in [2.05, 4.69) is 4.99 Å². The molecular formula is C24H22N2O6. The molecular weight excluding hydrogens is 412 g/mol. The number of ether oxygens (including phenoxy) is 1. The number of carbonyl (C=O) groups excluding carboxylic acids is 1. The zero-order valence-corrected chi connectivity index (χ0v) is 17.8. The van der Waals surface area contributed by atoms with Gasteiger partial charge in [0, 0.05) is 28.9 Å². The summed E-state index contributed by atoms with van der Waals surface area (Å²) in [6, 6.07) is 12.6. The van der Waals surface area contributed by atoms with Gasteiger partial charge in [0.05, 0.1) is 29.0 Å². The number of aromatic nitrogens is 1. The van der Waals surface area contributed by atoms with E-state index < -0.39 is 17.9 Å². The largest absolute Gasteiger partial charge is 0.478 e. The number of aromatic carboxylic acids is 2. The normalized spacial score (nSPS) is 11.0. The molecule has 8 nitrogen and oxygen atoms in total. The van der Waals surface area contributed by atoms with Gasteiger partial charge in [-0.25, -0.2) is 14.4 Å². The summed E-state index contributed by atoms with van der Waals surface area (Å²) in [6.07, 6.45) is 1.66. The minimum absolute atomic E-state index is 0.107. The molecule has 0 saturated carbocycles. The highest BCUT2D eigenvalue weighted by atomic mass is 16.5.